The standard InChI is InChI=1S/C19H39N5O3.HI/c1-19(2,3)27-18(25)22-10-6-9-21-17(20-4)23-15-16-7-11-24(12-8-16)13-14-26-5;/h16H,6-15H2,1-5H3,(H,22,25)(H2,20,21,23);1H. The highest BCUT2D eigenvalue weighted by atomic mass is 127. The first-order valence-electron chi connectivity index (χ1n) is 9.96. The highest BCUT2D eigenvalue weighted by Gasteiger charge is 2.19. The summed E-state index contributed by atoms with van der Waals surface area (Å²) in [6.45, 7) is 11.9. The minimum atomic E-state index is -0.464. The Morgan fingerprint density at radius 1 is 1.14 bits per heavy atom. The summed E-state index contributed by atoms with van der Waals surface area (Å²) in [5.41, 5.74) is -0.464. The van der Waals surface area contributed by atoms with Crippen molar-refractivity contribution in [3.8, 4) is 0 Å². The lowest BCUT2D eigenvalue weighted by Crippen LogP contribution is -2.44. The molecule has 9 heteroatoms. The molecule has 1 rings (SSSR count). The lowest BCUT2D eigenvalue weighted by Gasteiger charge is -2.32. The number of nitrogens with zero attached hydrogens (tertiary/aromatic N) is 2. The molecule has 1 saturated heterocycles. The van der Waals surface area contributed by atoms with Crippen LogP contribution in [0.4, 0.5) is 4.79 Å². The fourth-order valence-electron chi connectivity index (χ4n) is 2.90. The van der Waals surface area contributed by atoms with Crippen molar-refractivity contribution in [2.75, 3.05) is 60.0 Å². The van der Waals surface area contributed by atoms with E-state index in [9.17, 15) is 4.79 Å². The Hall–Kier alpha value is -0.810. The molecule has 3 N–H and O–H groups in total. The molecule has 0 unspecified atom stereocenters. The van der Waals surface area contributed by atoms with E-state index in [1.165, 1.54) is 12.8 Å². The van der Waals surface area contributed by atoms with Crippen molar-refractivity contribution in [2.45, 2.75) is 45.6 Å². The minimum Gasteiger partial charge on any atom is -0.444 e. The van der Waals surface area contributed by atoms with Gasteiger partial charge in [0.2, 0.25) is 0 Å². The third kappa shape index (κ3) is 13.4. The number of alkyl carbamates (subject to hydrolysis) is 1. The summed E-state index contributed by atoms with van der Waals surface area (Å²) >= 11 is 0. The van der Waals surface area contributed by atoms with Gasteiger partial charge in [0.05, 0.1) is 6.61 Å². The third-order valence-electron chi connectivity index (χ3n) is 4.41. The van der Waals surface area contributed by atoms with E-state index >= 15 is 0 Å². The van der Waals surface area contributed by atoms with Gasteiger partial charge in [0.1, 0.15) is 5.60 Å². The van der Waals surface area contributed by atoms with Gasteiger partial charge in [-0.3, -0.25) is 4.99 Å². The summed E-state index contributed by atoms with van der Waals surface area (Å²) in [4.78, 5) is 18.3. The van der Waals surface area contributed by atoms with Gasteiger partial charge in [-0.2, -0.15) is 0 Å². The third-order valence-corrected chi connectivity index (χ3v) is 4.41. The molecule has 0 aromatic carbocycles. The highest BCUT2D eigenvalue weighted by molar-refractivity contribution is 14.0. The van der Waals surface area contributed by atoms with E-state index in [1.54, 1.807) is 14.2 Å². The van der Waals surface area contributed by atoms with E-state index in [0.717, 1.165) is 51.7 Å². The molecular weight excluding hydrogens is 473 g/mol. The smallest absolute Gasteiger partial charge is 0.407 e. The number of rotatable bonds is 9. The summed E-state index contributed by atoms with van der Waals surface area (Å²) in [5, 5.41) is 9.46. The fraction of sp³-hybridized carbons (Fsp3) is 0.895. The number of piperidine rings is 1. The Morgan fingerprint density at radius 2 is 1.79 bits per heavy atom. The summed E-state index contributed by atoms with van der Waals surface area (Å²) < 4.78 is 10.4. The highest BCUT2D eigenvalue weighted by Crippen LogP contribution is 2.15. The molecule has 1 aliphatic heterocycles. The Labute approximate surface area is 187 Å². The number of carbonyl (C=O) groups is 1. The number of likely N-dealkylation sites (tertiary alicyclic amines) is 1. The first kappa shape index (κ1) is 27.2. The first-order valence-corrected chi connectivity index (χ1v) is 9.96. The minimum absolute atomic E-state index is 0. The molecule has 1 amide bonds. The van der Waals surface area contributed by atoms with E-state index < -0.39 is 5.60 Å². The number of halogens is 1. The topological polar surface area (TPSA) is 87.2 Å². The molecule has 28 heavy (non-hydrogen) atoms. The normalized spacial score (nSPS) is 16.2. The SMILES string of the molecule is CN=C(NCCCNC(=O)OC(C)(C)C)NCC1CCN(CCOC)CC1.I. The number of aliphatic imine (C=N–C) groups is 1. The molecule has 0 atom stereocenters. The van der Waals surface area contributed by atoms with Crippen LogP contribution in [-0.2, 0) is 9.47 Å². The molecule has 1 fully saturated rings. The van der Waals surface area contributed by atoms with E-state index in [4.69, 9.17) is 9.47 Å². The van der Waals surface area contributed by atoms with E-state index in [1.807, 2.05) is 20.8 Å². The molecular formula is C19H40IN5O3. The second-order valence-corrected chi connectivity index (χ2v) is 7.94. The van der Waals surface area contributed by atoms with Gasteiger partial charge >= 0.3 is 6.09 Å². The van der Waals surface area contributed by atoms with E-state index in [2.05, 4.69) is 25.8 Å². The first-order chi connectivity index (χ1) is 12.8. The summed E-state index contributed by atoms with van der Waals surface area (Å²) in [6, 6.07) is 0. The van der Waals surface area contributed by atoms with Gasteiger partial charge < -0.3 is 30.3 Å². The quantitative estimate of drug-likeness (QED) is 0.189. The summed E-state index contributed by atoms with van der Waals surface area (Å²) in [6.07, 6.45) is 2.83. The van der Waals surface area contributed by atoms with E-state index in [0.29, 0.717) is 12.5 Å². The number of guanidine groups is 1. The van der Waals surface area contributed by atoms with Crippen LogP contribution >= 0.6 is 24.0 Å². The van der Waals surface area contributed by atoms with Gasteiger partial charge in [-0.1, -0.05) is 0 Å². The Morgan fingerprint density at radius 3 is 2.36 bits per heavy atom. The van der Waals surface area contributed by atoms with Crippen molar-refractivity contribution >= 4 is 36.0 Å². The lowest BCUT2D eigenvalue weighted by atomic mass is 9.97. The number of carbonyl (C=O) groups excluding carboxylic acids is 1. The number of ether oxygens (including phenoxy) is 2. The predicted octanol–water partition coefficient (Wildman–Crippen LogP) is 2.04. The largest absolute Gasteiger partial charge is 0.444 e. The molecule has 0 saturated carbocycles. The molecule has 8 nitrogen and oxygen atoms in total. The Balaban J connectivity index is 0.00000729. The molecule has 0 spiro atoms. The van der Waals surface area contributed by atoms with Crippen LogP contribution in [0.5, 0.6) is 0 Å². The predicted molar refractivity (Wildman–Crippen MR) is 125 cm³/mol. The van der Waals surface area contributed by atoms with Crippen molar-refractivity contribution in [2.24, 2.45) is 10.9 Å². The second-order valence-electron chi connectivity index (χ2n) is 7.94. The van der Waals surface area contributed by atoms with Crippen LogP contribution < -0.4 is 16.0 Å². The van der Waals surface area contributed by atoms with Crippen LogP contribution in [-0.4, -0.2) is 82.6 Å². The molecule has 0 aromatic rings. The van der Waals surface area contributed by atoms with Gasteiger partial charge in [0.15, 0.2) is 5.96 Å². The van der Waals surface area contributed by atoms with Gasteiger partial charge in [-0.05, 0) is 59.0 Å². The molecule has 0 aliphatic carbocycles. The van der Waals surface area contributed by atoms with Crippen LogP contribution in [0.3, 0.4) is 0 Å². The van der Waals surface area contributed by atoms with Crippen molar-refractivity contribution in [3.05, 3.63) is 0 Å². The summed E-state index contributed by atoms with van der Waals surface area (Å²) in [7, 11) is 3.53. The van der Waals surface area contributed by atoms with Gasteiger partial charge in [0, 0.05) is 40.3 Å². The number of nitrogens with one attached hydrogen (secondary N) is 3. The van der Waals surface area contributed by atoms with Gasteiger partial charge in [-0.25, -0.2) is 4.79 Å². The van der Waals surface area contributed by atoms with Crippen molar-refractivity contribution in [3.63, 3.8) is 0 Å². The number of hydrogen-bond acceptors (Lipinski definition) is 5. The number of hydrogen-bond donors (Lipinski definition) is 3. The zero-order valence-corrected chi connectivity index (χ0v) is 20.5. The molecule has 1 aliphatic rings. The Bertz CT molecular complexity index is 449. The molecule has 1 heterocycles. The Kier molecular flexibility index (Phi) is 14.6. The van der Waals surface area contributed by atoms with Gasteiger partial charge in [-0.15, -0.1) is 24.0 Å². The average molecular weight is 513 g/mol. The van der Waals surface area contributed by atoms with Crippen LogP contribution in [0.25, 0.3) is 0 Å². The van der Waals surface area contributed by atoms with Crippen molar-refractivity contribution < 1.29 is 14.3 Å². The zero-order chi connectivity index (χ0) is 20.1. The molecule has 0 aromatic heterocycles. The summed E-state index contributed by atoms with van der Waals surface area (Å²) in [5.74, 6) is 1.49. The zero-order valence-electron chi connectivity index (χ0n) is 18.2. The maximum absolute atomic E-state index is 11.6. The average Bonchev–Trinajstić information content (AvgIpc) is 2.61. The van der Waals surface area contributed by atoms with Crippen molar-refractivity contribution in [1.82, 2.24) is 20.9 Å². The van der Waals surface area contributed by atoms with Crippen molar-refractivity contribution in [1.29, 1.82) is 0 Å². The second kappa shape index (κ2) is 15.1. The van der Waals surface area contributed by atoms with Crippen LogP contribution in [0.15, 0.2) is 4.99 Å². The lowest BCUT2D eigenvalue weighted by molar-refractivity contribution is 0.0527. The maximum Gasteiger partial charge on any atom is 0.407 e. The molecule has 0 bridgehead atoms. The molecule has 0 radical (unpaired) electrons. The number of amides is 1. The monoisotopic (exact) mass is 513 g/mol. The van der Waals surface area contributed by atoms with Crippen LogP contribution in [0, 0.1) is 5.92 Å². The van der Waals surface area contributed by atoms with E-state index in [-0.39, 0.29) is 30.1 Å². The van der Waals surface area contributed by atoms with Gasteiger partial charge in [0.25, 0.3) is 0 Å². The molecule has 166 valence electrons. The van der Waals surface area contributed by atoms with Crippen LogP contribution in [0.1, 0.15) is 40.0 Å². The maximum atomic E-state index is 11.6. The van der Waals surface area contributed by atoms with Crippen LogP contribution in [0.2, 0.25) is 0 Å². The fourth-order valence-corrected chi connectivity index (χ4v) is 2.90. The number of methoxy groups -OCH3 is 1.